The molecule has 3 aromatic carbocycles. The van der Waals surface area contributed by atoms with Gasteiger partial charge in [0.2, 0.25) is 76.2 Å². The molecule has 580 valence electrons. The molecule has 0 spiro atoms. The number of aromatic nitrogens is 1. The lowest BCUT2D eigenvalue weighted by atomic mass is 9.89. The van der Waals surface area contributed by atoms with Gasteiger partial charge in [-0.05, 0) is 87.0 Å². The number of urea groups is 1. The van der Waals surface area contributed by atoms with E-state index in [0.717, 1.165) is 10.6 Å². The summed E-state index contributed by atoms with van der Waals surface area (Å²) in [6.07, 6.45) is 0.916. The number of likely N-dealkylation sites (tertiary alicyclic amines) is 1. The maximum atomic E-state index is 14.7. The molecule has 5 rings (SSSR count). The molecule has 10 atom stereocenters. The minimum atomic E-state index is -2.42. The highest BCUT2D eigenvalue weighted by molar-refractivity contribution is 7.09. The number of amides is 10. The van der Waals surface area contributed by atoms with Crippen LogP contribution >= 0.6 is 11.3 Å². The number of benzene rings is 3. The number of hydrogen-bond donors (Lipinski definition) is 8. The Morgan fingerprint density at radius 3 is 1.95 bits per heavy atom. The maximum Gasteiger partial charge on any atom is 0.408 e. The number of esters is 1. The van der Waals surface area contributed by atoms with E-state index >= 15 is 0 Å². The third-order valence-corrected chi connectivity index (χ3v) is 18.8. The number of carbonyl (C=O) groups excluding carboxylic acids is 10. The summed E-state index contributed by atoms with van der Waals surface area (Å²) in [7, 11) is 4.64. The van der Waals surface area contributed by atoms with Gasteiger partial charge in [0.05, 0.1) is 75.5 Å². The van der Waals surface area contributed by atoms with E-state index in [9.17, 15) is 69.9 Å². The number of hydrogen-bond acceptors (Lipinski definition) is 18. The van der Waals surface area contributed by atoms with Crippen molar-refractivity contribution in [2.24, 2.45) is 29.4 Å². The zero-order valence-electron chi connectivity index (χ0n) is 61.3. The number of ether oxygens (including phenoxy) is 6. The molecule has 0 saturated carbocycles. The van der Waals surface area contributed by atoms with Gasteiger partial charge in [-0.3, -0.25) is 38.4 Å². The molecule has 1 fully saturated rings. The van der Waals surface area contributed by atoms with Crippen LogP contribution in [-0.2, 0) is 75.1 Å². The summed E-state index contributed by atoms with van der Waals surface area (Å²) in [6.45, 7) is 14.8. The van der Waals surface area contributed by atoms with Gasteiger partial charge in [-0.25, -0.2) is 27.7 Å². The zero-order valence-corrected chi connectivity index (χ0v) is 62.2. The van der Waals surface area contributed by atoms with Crippen molar-refractivity contribution in [1.29, 1.82) is 0 Å². The van der Waals surface area contributed by atoms with Gasteiger partial charge in [0.1, 0.15) is 35.3 Å². The smallest absolute Gasteiger partial charge is 0.408 e. The van der Waals surface area contributed by atoms with Crippen molar-refractivity contribution < 1.29 is 98.3 Å². The van der Waals surface area contributed by atoms with Crippen molar-refractivity contribution in [2.45, 2.75) is 181 Å². The van der Waals surface area contributed by atoms with Gasteiger partial charge in [-0.15, -0.1) is 11.3 Å². The van der Waals surface area contributed by atoms with Crippen molar-refractivity contribution >= 4 is 76.5 Å². The maximum absolute atomic E-state index is 14.7. The van der Waals surface area contributed by atoms with Crippen LogP contribution in [-0.4, -0.2) is 183 Å². The van der Waals surface area contributed by atoms with Gasteiger partial charge in [0, 0.05) is 58.0 Å². The molecule has 2 heterocycles. The van der Waals surface area contributed by atoms with E-state index in [1.807, 2.05) is 49.6 Å². The summed E-state index contributed by atoms with van der Waals surface area (Å²) in [5, 5.41) is 21.7. The predicted octanol–water partition coefficient (Wildman–Crippen LogP) is 7.44. The number of anilines is 1. The fourth-order valence-corrected chi connectivity index (χ4v) is 12.5. The molecule has 1 aliphatic heterocycles. The van der Waals surface area contributed by atoms with Crippen molar-refractivity contribution in [3.63, 3.8) is 0 Å². The van der Waals surface area contributed by atoms with E-state index in [1.54, 1.807) is 64.9 Å². The van der Waals surface area contributed by atoms with Gasteiger partial charge >= 0.3 is 18.1 Å². The minimum absolute atomic E-state index is 0.00604. The lowest BCUT2D eigenvalue weighted by molar-refractivity contribution is -0.148. The molecule has 1 unspecified atom stereocenters. The summed E-state index contributed by atoms with van der Waals surface area (Å²) >= 11 is 1.45. The fourth-order valence-electron chi connectivity index (χ4n) is 11.8. The quantitative estimate of drug-likeness (QED) is 0.00533. The standard InChI is InChI=1S/C72H100F5N11O16S/c1-13-42(6)61(50(99-11)38-52(90)88-31-18-22-49(88)62(100-12)43(7)64(92)83-48(67-79-30-36-105-67)37-44-19-15-14-16-20-44)87(10)68(95)60(41(4)5)85-69(96)72(8,9)86-71(98)103-39-45-23-25-46(26-24-45)81-65(93)47(21-17-29-80-70(78)97)82-66(94)59(40(2)3)84-51(89)27-32-101-34-35-102-33-28-53(91)104-63-57(76)55(74)54(73)56(75)58(63)77/h14-16,19-20,23-26,30,36,40-43,47-50,59-62H,13,17-18,21-22,27-29,31-35,37-39H2,1-12H3,(H,81,93)(H,82,94)(H,83,92)(H,84,89)(H,85,96)(H,86,98)(H3,78,80,97)/t42-,43+,47-,48?,49-,50+,59-,60-,61-,62+/m0/s1. The first-order valence-corrected chi connectivity index (χ1v) is 35.6. The molecule has 0 aliphatic carbocycles. The van der Waals surface area contributed by atoms with Crippen LogP contribution in [0.15, 0.2) is 66.2 Å². The SMILES string of the molecule is CC[C@H](C)[C@@H]([C@@H](CC(=O)N1CCC[C@H]1[C@H](OC)[C@@H](C)C(=O)NC(Cc1ccccc1)c1nccs1)OC)N(C)C(=O)[C@@H](NC(=O)C(C)(C)NC(=O)OCc1ccc(NC(=O)[C@H](CCCNC(N)=O)NC(=O)[C@@H](NC(=O)CCOCCOCCC(=O)Oc2c(F)c(F)c(F)c(F)c2F)C(C)C)cc1)C(C)C. The van der Waals surface area contributed by atoms with E-state index in [1.165, 1.54) is 56.4 Å². The number of thiazole rings is 1. The highest BCUT2D eigenvalue weighted by Gasteiger charge is 2.44. The first-order chi connectivity index (χ1) is 49.7. The van der Waals surface area contributed by atoms with Crippen LogP contribution in [0.5, 0.6) is 5.75 Å². The average Bonchev–Trinajstić information content (AvgIpc) is 1.80. The molecule has 1 aromatic heterocycles. The number of alkyl carbamates (subject to hydrolysis) is 1. The second-order valence-electron chi connectivity index (χ2n) is 26.8. The molecular formula is C72H100F5N11O16S. The molecule has 9 N–H and O–H groups in total. The van der Waals surface area contributed by atoms with Crippen molar-refractivity contribution in [2.75, 3.05) is 66.1 Å². The number of primary amides is 1. The van der Waals surface area contributed by atoms with E-state index < -0.39 is 161 Å². The van der Waals surface area contributed by atoms with E-state index in [-0.39, 0.29) is 88.1 Å². The largest absolute Gasteiger partial charge is 0.445 e. The van der Waals surface area contributed by atoms with Crippen LogP contribution in [0.2, 0.25) is 0 Å². The number of rotatable bonds is 42. The Balaban J connectivity index is 1.11. The molecule has 27 nitrogen and oxygen atoms in total. The predicted molar refractivity (Wildman–Crippen MR) is 377 cm³/mol. The number of methoxy groups -OCH3 is 2. The zero-order chi connectivity index (χ0) is 77.8. The second kappa shape index (κ2) is 42.3. The van der Waals surface area contributed by atoms with E-state index in [0.29, 0.717) is 37.8 Å². The Morgan fingerprint density at radius 2 is 1.37 bits per heavy atom. The summed E-state index contributed by atoms with van der Waals surface area (Å²) in [5.41, 5.74) is 5.36. The molecule has 0 bridgehead atoms. The lowest BCUT2D eigenvalue weighted by Gasteiger charge is -2.41. The number of nitrogens with zero attached hydrogens (tertiary/aromatic N) is 3. The Morgan fingerprint density at radius 1 is 0.743 bits per heavy atom. The first kappa shape index (κ1) is 86.7. The van der Waals surface area contributed by atoms with Gasteiger partial charge in [-0.1, -0.05) is 97.4 Å². The van der Waals surface area contributed by atoms with Crippen molar-refractivity contribution in [1.82, 2.24) is 46.7 Å². The number of nitrogens with one attached hydrogen (secondary N) is 7. The number of likely N-dealkylation sites (N-methyl/N-ethyl adjacent to an activating group) is 1. The van der Waals surface area contributed by atoms with Gasteiger partial charge in [-0.2, -0.15) is 8.78 Å². The highest BCUT2D eigenvalue weighted by atomic mass is 32.1. The summed E-state index contributed by atoms with van der Waals surface area (Å²) in [5.74, 6) is -20.1. The van der Waals surface area contributed by atoms with Crippen LogP contribution in [0, 0.1) is 52.8 Å². The summed E-state index contributed by atoms with van der Waals surface area (Å²) in [6, 6.07) is 10.2. The molecule has 105 heavy (non-hydrogen) atoms. The van der Waals surface area contributed by atoms with Crippen LogP contribution in [0.1, 0.15) is 136 Å². The summed E-state index contributed by atoms with van der Waals surface area (Å²) < 4.78 is 100. The van der Waals surface area contributed by atoms with Crippen LogP contribution in [0.4, 0.5) is 37.2 Å². The average molecular weight is 1500 g/mol. The Labute approximate surface area is 612 Å². The van der Waals surface area contributed by atoms with Gasteiger partial charge in [0.15, 0.2) is 0 Å². The van der Waals surface area contributed by atoms with E-state index in [2.05, 4.69) is 46.9 Å². The van der Waals surface area contributed by atoms with Crippen LogP contribution < -0.4 is 47.7 Å². The topological polar surface area (TPSA) is 356 Å². The Bertz CT molecular complexity index is 3520. The molecule has 33 heteroatoms. The third-order valence-electron chi connectivity index (χ3n) is 17.9. The van der Waals surface area contributed by atoms with Gasteiger partial charge < -0.3 is 81.2 Å². The number of nitrogens with two attached hydrogens (primary N) is 1. The van der Waals surface area contributed by atoms with Crippen LogP contribution in [0.3, 0.4) is 0 Å². The minimum Gasteiger partial charge on any atom is -0.445 e. The fraction of sp³-hybridized carbons (Fsp3) is 0.569. The molecule has 1 aliphatic rings. The highest BCUT2D eigenvalue weighted by Crippen LogP contribution is 2.33. The molecule has 0 radical (unpaired) electrons. The molecule has 4 aromatic rings. The Hall–Kier alpha value is -8.92. The second-order valence-corrected chi connectivity index (χ2v) is 27.7. The molecular weight excluding hydrogens is 1400 g/mol. The Kier molecular flexibility index (Phi) is 34.9. The molecule has 10 amide bonds. The van der Waals surface area contributed by atoms with Gasteiger partial charge in [0.25, 0.3) is 0 Å². The number of halogens is 5. The first-order valence-electron chi connectivity index (χ1n) is 34.8. The normalized spacial score (nSPS) is 15.6. The number of carbonyl (C=O) groups is 10. The molecule has 1 saturated heterocycles. The monoisotopic (exact) mass is 1500 g/mol. The summed E-state index contributed by atoms with van der Waals surface area (Å²) in [4.78, 5) is 143. The van der Waals surface area contributed by atoms with Crippen molar-refractivity contribution in [3.05, 3.63) is 111 Å². The lowest BCUT2D eigenvalue weighted by Crippen LogP contribution is -2.62. The third kappa shape index (κ3) is 26.0. The van der Waals surface area contributed by atoms with Crippen LogP contribution in [0.25, 0.3) is 0 Å². The van der Waals surface area contributed by atoms with Crippen molar-refractivity contribution in [3.8, 4) is 5.75 Å². The van der Waals surface area contributed by atoms with E-state index in [4.69, 9.17) is 29.4 Å².